The average molecular weight is 269 g/mol. The van der Waals surface area contributed by atoms with E-state index in [1.807, 2.05) is 0 Å². The zero-order chi connectivity index (χ0) is 14.1. The van der Waals surface area contributed by atoms with E-state index < -0.39 is 0 Å². The van der Waals surface area contributed by atoms with Crippen LogP contribution < -0.4 is 0 Å². The maximum Gasteiger partial charge on any atom is 0.0499 e. The lowest BCUT2D eigenvalue weighted by molar-refractivity contribution is 0.0545. The molecule has 2 heteroatoms. The Hall–Kier alpha value is -0.0800. The summed E-state index contributed by atoms with van der Waals surface area (Å²) in [6.45, 7) is 10.7. The Morgan fingerprint density at radius 3 is 2.00 bits per heavy atom. The number of rotatable bonds is 8. The highest BCUT2D eigenvalue weighted by Gasteiger charge is 2.32. The van der Waals surface area contributed by atoms with E-state index in [9.17, 15) is 5.11 Å². The third-order valence-corrected chi connectivity index (χ3v) is 5.18. The second-order valence-electron chi connectivity index (χ2n) is 6.58. The number of aliphatic hydroxyl groups is 1. The zero-order valence-corrected chi connectivity index (χ0v) is 13.5. The van der Waals surface area contributed by atoms with Gasteiger partial charge in [0.1, 0.15) is 0 Å². The standard InChI is InChI=1S/C17H35NO/c1-4-16(5-2)13-18(6-3)14-17(15-19)11-9-7-8-10-12-17/h16,19H,4-15H2,1-3H3. The molecule has 0 radical (unpaired) electrons. The van der Waals surface area contributed by atoms with Crippen molar-refractivity contribution in [2.24, 2.45) is 11.3 Å². The molecule has 0 saturated heterocycles. The van der Waals surface area contributed by atoms with Crippen molar-refractivity contribution < 1.29 is 5.11 Å². The van der Waals surface area contributed by atoms with Crippen molar-refractivity contribution in [3.05, 3.63) is 0 Å². The fourth-order valence-electron chi connectivity index (χ4n) is 3.54. The lowest BCUT2D eigenvalue weighted by atomic mass is 9.80. The number of nitrogens with zero attached hydrogens (tertiary/aromatic N) is 1. The molecule has 1 aliphatic carbocycles. The van der Waals surface area contributed by atoms with Crippen molar-refractivity contribution in [2.45, 2.75) is 72.1 Å². The Morgan fingerprint density at radius 1 is 1.00 bits per heavy atom. The largest absolute Gasteiger partial charge is 0.396 e. The predicted octanol–water partition coefficient (Wildman–Crippen LogP) is 4.08. The van der Waals surface area contributed by atoms with Gasteiger partial charge in [0.25, 0.3) is 0 Å². The molecule has 114 valence electrons. The topological polar surface area (TPSA) is 23.5 Å². The quantitative estimate of drug-likeness (QED) is 0.671. The first-order valence-corrected chi connectivity index (χ1v) is 8.53. The monoisotopic (exact) mass is 269 g/mol. The fraction of sp³-hybridized carbons (Fsp3) is 1.00. The summed E-state index contributed by atoms with van der Waals surface area (Å²) in [7, 11) is 0. The average Bonchev–Trinajstić information content (AvgIpc) is 2.69. The lowest BCUT2D eigenvalue weighted by Crippen LogP contribution is -2.42. The summed E-state index contributed by atoms with van der Waals surface area (Å²) in [6, 6.07) is 0. The van der Waals surface area contributed by atoms with Gasteiger partial charge in [0, 0.05) is 25.1 Å². The molecule has 0 spiro atoms. The summed E-state index contributed by atoms with van der Waals surface area (Å²) in [5.41, 5.74) is 0.193. The van der Waals surface area contributed by atoms with Crippen LogP contribution in [0.4, 0.5) is 0 Å². The van der Waals surface area contributed by atoms with Crippen molar-refractivity contribution in [3.63, 3.8) is 0 Å². The highest BCUT2D eigenvalue weighted by Crippen LogP contribution is 2.35. The molecule has 0 aliphatic heterocycles. The molecule has 0 aromatic heterocycles. The molecule has 1 rings (SSSR count). The maximum absolute atomic E-state index is 9.93. The summed E-state index contributed by atoms with van der Waals surface area (Å²) in [5.74, 6) is 0.821. The van der Waals surface area contributed by atoms with E-state index in [0.717, 1.165) is 19.0 Å². The van der Waals surface area contributed by atoms with Crippen LogP contribution in [0.2, 0.25) is 0 Å². The highest BCUT2D eigenvalue weighted by molar-refractivity contribution is 4.84. The van der Waals surface area contributed by atoms with Crippen molar-refractivity contribution in [1.82, 2.24) is 4.90 Å². The summed E-state index contributed by atoms with van der Waals surface area (Å²) in [6.07, 6.45) is 10.3. The molecule has 1 N–H and O–H groups in total. The van der Waals surface area contributed by atoms with Crippen LogP contribution in [0.15, 0.2) is 0 Å². The van der Waals surface area contributed by atoms with E-state index in [0.29, 0.717) is 6.61 Å². The van der Waals surface area contributed by atoms with Crippen LogP contribution in [0.5, 0.6) is 0 Å². The second-order valence-corrected chi connectivity index (χ2v) is 6.58. The number of aliphatic hydroxyl groups excluding tert-OH is 1. The van der Waals surface area contributed by atoms with Crippen LogP contribution in [0.1, 0.15) is 72.1 Å². The third kappa shape index (κ3) is 5.43. The summed E-state index contributed by atoms with van der Waals surface area (Å²) in [5, 5.41) is 9.93. The first kappa shape index (κ1) is 17.0. The van der Waals surface area contributed by atoms with Gasteiger partial charge in [-0.25, -0.2) is 0 Å². The second kappa shape index (κ2) is 8.97. The predicted molar refractivity (Wildman–Crippen MR) is 83.4 cm³/mol. The Kier molecular flexibility index (Phi) is 8.01. The minimum Gasteiger partial charge on any atom is -0.396 e. The fourth-order valence-corrected chi connectivity index (χ4v) is 3.54. The van der Waals surface area contributed by atoms with E-state index in [4.69, 9.17) is 0 Å². The van der Waals surface area contributed by atoms with Crippen molar-refractivity contribution >= 4 is 0 Å². The Bertz CT molecular complexity index is 217. The molecule has 0 bridgehead atoms. The van der Waals surface area contributed by atoms with E-state index in [2.05, 4.69) is 25.7 Å². The van der Waals surface area contributed by atoms with Crippen LogP contribution in [0, 0.1) is 11.3 Å². The van der Waals surface area contributed by atoms with Gasteiger partial charge < -0.3 is 10.0 Å². The van der Waals surface area contributed by atoms with Gasteiger partial charge in [-0.3, -0.25) is 0 Å². The van der Waals surface area contributed by atoms with E-state index in [1.165, 1.54) is 57.9 Å². The first-order valence-electron chi connectivity index (χ1n) is 8.53. The van der Waals surface area contributed by atoms with E-state index >= 15 is 0 Å². The van der Waals surface area contributed by atoms with Gasteiger partial charge in [-0.1, -0.05) is 59.3 Å². The van der Waals surface area contributed by atoms with E-state index in [1.54, 1.807) is 0 Å². The maximum atomic E-state index is 9.93. The van der Waals surface area contributed by atoms with Crippen molar-refractivity contribution in [3.8, 4) is 0 Å². The van der Waals surface area contributed by atoms with Gasteiger partial charge in [0.05, 0.1) is 0 Å². The Morgan fingerprint density at radius 2 is 1.58 bits per heavy atom. The molecule has 0 amide bonds. The zero-order valence-electron chi connectivity index (χ0n) is 13.5. The van der Waals surface area contributed by atoms with Crippen LogP contribution in [-0.4, -0.2) is 36.2 Å². The number of hydrogen-bond donors (Lipinski definition) is 1. The molecular weight excluding hydrogens is 234 g/mol. The van der Waals surface area contributed by atoms with Crippen LogP contribution in [0.25, 0.3) is 0 Å². The molecule has 1 fully saturated rings. The van der Waals surface area contributed by atoms with Crippen LogP contribution in [0.3, 0.4) is 0 Å². The van der Waals surface area contributed by atoms with Gasteiger partial charge in [-0.15, -0.1) is 0 Å². The smallest absolute Gasteiger partial charge is 0.0499 e. The van der Waals surface area contributed by atoms with Crippen LogP contribution >= 0.6 is 0 Å². The van der Waals surface area contributed by atoms with Gasteiger partial charge in [0.2, 0.25) is 0 Å². The minimum absolute atomic E-state index is 0.193. The third-order valence-electron chi connectivity index (χ3n) is 5.18. The van der Waals surface area contributed by atoms with Crippen molar-refractivity contribution in [2.75, 3.05) is 26.2 Å². The van der Waals surface area contributed by atoms with Gasteiger partial charge in [-0.2, -0.15) is 0 Å². The molecular formula is C17H35NO. The van der Waals surface area contributed by atoms with Crippen LogP contribution in [-0.2, 0) is 0 Å². The molecule has 2 nitrogen and oxygen atoms in total. The molecule has 0 atom stereocenters. The van der Waals surface area contributed by atoms with Gasteiger partial charge >= 0.3 is 0 Å². The van der Waals surface area contributed by atoms with E-state index in [-0.39, 0.29) is 5.41 Å². The highest BCUT2D eigenvalue weighted by atomic mass is 16.3. The molecule has 0 aromatic carbocycles. The molecule has 1 aliphatic rings. The molecule has 19 heavy (non-hydrogen) atoms. The normalized spacial score (nSPS) is 19.9. The van der Waals surface area contributed by atoms with Gasteiger partial charge in [-0.05, 0) is 25.3 Å². The summed E-state index contributed by atoms with van der Waals surface area (Å²) >= 11 is 0. The van der Waals surface area contributed by atoms with Crippen molar-refractivity contribution in [1.29, 1.82) is 0 Å². The van der Waals surface area contributed by atoms with Gasteiger partial charge in [0.15, 0.2) is 0 Å². The SMILES string of the molecule is CCC(CC)CN(CC)CC1(CO)CCCCCC1. The molecule has 0 aromatic rings. The minimum atomic E-state index is 0.193. The summed E-state index contributed by atoms with van der Waals surface area (Å²) in [4.78, 5) is 2.60. The lowest BCUT2D eigenvalue weighted by Gasteiger charge is -2.37. The molecule has 0 heterocycles. The Balaban J connectivity index is 2.59. The first-order chi connectivity index (χ1) is 9.19. The Labute approximate surface area is 120 Å². The summed E-state index contributed by atoms with van der Waals surface area (Å²) < 4.78 is 0. The molecule has 1 saturated carbocycles. The number of hydrogen-bond acceptors (Lipinski definition) is 2. The molecule has 0 unspecified atom stereocenters.